The predicted octanol–water partition coefficient (Wildman–Crippen LogP) is 1.77. The van der Waals surface area contributed by atoms with Gasteiger partial charge >= 0.3 is 0 Å². The lowest BCUT2D eigenvalue weighted by Crippen LogP contribution is -2.30. The minimum Gasteiger partial charge on any atom is -0.355 e. The number of hydrogen-bond acceptors (Lipinski definition) is 5. The fraction of sp³-hybridized carbons (Fsp3) is 0.727. The van der Waals surface area contributed by atoms with E-state index in [1.807, 2.05) is 6.92 Å². The van der Waals surface area contributed by atoms with Gasteiger partial charge < -0.3 is 10.6 Å². The molecule has 1 heterocycles. The molecule has 0 unspecified atom stereocenters. The van der Waals surface area contributed by atoms with Crippen LogP contribution >= 0.6 is 11.3 Å². The monoisotopic (exact) mass is 256 g/mol. The van der Waals surface area contributed by atoms with E-state index < -0.39 is 0 Å². The molecule has 1 rings (SSSR count). The fourth-order valence-electron chi connectivity index (χ4n) is 1.08. The van der Waals surface area contributed by atoms with Gasteiger partial charge in [-0.25, -0.2) is 0 Å². The second-order valence-electron chi connectivity index (χ2n) is 4.87. The van der Waals surface area contributed by atoms with Gasteiger partial charge in [0.1, 0.15) is 5.01 Å². The Kier molecular flexibility index (Phi) is 4.86. The van der Waals surface area contributed by atoms with Crippen molar-refractivity contribution < 1.29 is 4.79 Å². The van der Waals surface area contributed by atoms with Crippen LogP contribution in [-0.4, -0.2) is 29.2 Å². The average Bonchev–Trinajstić information content (AvgIpc) is 2.71. The Bertz CT molecular complexity index is 370. The quantitative estimate of drug-likeness (QED) is 0.842. The average molecular weight is 256 g/mol. The molecule has 0 aromatic carbocycles. The highest BCUT2D eigenvalue weighted by molar-refractivity contribution is 7.15. The van der Waals surface area contributed by atoms with E-state index in [1.54, 1.807) is 0 Å². The van der Waals surface area contributed by atoms with Crippen molar-refractivity contribution >= 4 is 22.4 Å². The Morgan fingerprint density at radius 3 is 2.59 bits per heavy atom. The van der Waals surface area contributed by atoms with Crippen LogP contribution in [0.5, 0.6) is 0 Å². The standard InChI is InChI=1S/C11H20N4OS/c1-5-6-12-8(16)7-13-10-15-14-9(17-10)11(2,3)4/h5-7H2,1-4H3,(H,12,16)(H,13,15). The summed E-state index contributed by atoms with van der Waals surface area (Å²) in [5, 5.41) is 15.6. The van der Waals surface area contributed by atoms with Crippen LogP contribution in [-0.2, 0) is 10.2 Å². The van der Waals surface area contributed by atoms with Gasteiger partial charge in [-0.05, 0) is 6.42 Å². The van der Waals surface area contributed by atoms with Gasteiger partial charge in [-0.15, -0.1) is 10.2 Å². The normalized spacial score (nSPS) is 11.3. The highest BCUT2D eigenvalue weighted by Crippen LogP contribution is 2.27. The molecule has 0 saturated heterocycles. The minimum atomic E-state index is -0.0145. The zero-order valence-corrected chi connectivity index (χ0v) is 11.6. The summed E-state index contributed by atoms with van der Waals surface area (Å²) in [6.45, 7) is 9.25. The molecule has 0 spiro atoms. The number of carbonyl (C=O) groups is 1. The van der Waals surface area contributed by atoms with Gasteiger partial charge in [-0.1, -0.05) is 39.0 Å². The minimum absolute atomic E-state index is 0.00205. The second kappa shape index (κ2) is 5.95. The SMILES string of the molecule is CCCNC(=O)CNc1nnc(C(C)(C)C)s1. The van der Waals surface area contributed by atoms with Gasteiger partial charge in [0.25, 0.3) is 0 Å². The smallest absolute Gasteiger partial charge is 0.239 e. The Balaban J connectivity index is 2.42. The first kappa shape index (κ1) is 13.9. The summed E-state index contributed by atoms with van der Waals surface area (Å²) in [5.41, 5.74) is 0.00205. The van der Waals surface area contributed by atoms with Gasteiger partial charge in [0.2, 0.25) is 11.0 Å². The molecule has 96 valence electrons. The van der Waals surface area contributed by atoms with Crippen LogP contribution in [0.25, 0.3) is 0 Å². The van der Waals surface area contributed by atoms with Gasteiger partial charge in [-0.3, -0.25) is 4.79 Å². The maximum Gasteiger partial charge on any atom is 0.239 e. The van der Waals surface area contributed by atoms with E-state index in [4.69, 9.17) is 0 Å². The van der Waals surface area contributed by atoms with E-state index in [-0.39, 0.29) is 17.9 Å². The first-order valence-electron chi connectivity index (χ1n) is 5.78. The number of nitrogens with zero attached hydrogens (tertiary/aromatic N) is 2. The summed E-state index contributed by atoms with van der Waals surface area (Å²) in [7, 11) is 0. The molecule has 2 N–H and O–H groups in total. The summed E-state index contributed by atoms with van der Waals surface area (Å²) < 4.78 is 0. The van der Waals surface area contributed by atoms with Gasteiger partial charge in [0.05, 0.1) is 6.54 Å². The van der Waals surface area contributed by atoms with Crippen LogP contribution in [0.4, 0.5) is 5.13 Å². The third-order valence-electron chi connectivity index (χ3n) is 2.04. The molecule has 0 radical (unpaired) electrons. The van der Waals surface area contributed by atoms with E-state index in [9.17, 15) is 4.79 Å². The molecular formula is C11H20N4OS. The third-order valence-corrected chi connectivity index (χ3v) is 3.35. The highest BCUT2D eigenvalue weighted by atomic mass is 32.1. The topological polar surface area (TPSA) is 66.9 Å². The predicted molar refractivity (Wildman–Crippen MR) is 70.4 cm³/mol. The van der Waals surface area contributed by atoms with Crippen LogP contribution in [0.2, 0.25) is 0 Å². The van der Waals surface area contributed by atoms with E-state index in [2.05, 4.69) is 41.6 Å². The molecule has 1 amide bonds. The third kappa shape index (κ3) is 4.68. The van der Waals surface area contributed by atoms with E-state index in [1.165, 1.54) is 11.3 Å². The van der Waals surface area contributed by atoms with E-state index >= 15 is 0 Å². The number of anilines is 1. The number of carbonyl (C=O) groups excluding carboxylic acids is 1. The number of amides is 1. The summed E-state index contributed by atoms with van der Waals surface area (Å²) in [6, 6.07) is 0. The highest BCUT2D eigenvalue weighted by Gasteiger charge is 2.19. The molecule has 1 aromatic rings. The Morgan fingerprint density at radius 1 is 1.35 bits per heavy atom. The molecule has 0 aliphatic carbocycles. The van der Waals surface area contributed by atoms with Crippen LogP contribution in [0, 0.1) is 0 Å². The molecule has 0 saturated carbocycles. The molecule has 0 fully saturated rings. The molecule has 0 atom stereocenters. The Morgan fingerprint density at radius 2 is 2.06 bits per heavy atom. The Labute approximate surface area is 106 Å². The van der Waals surface area contributed by atoms with Crippen LogP contribution in [0.15, 0.2) is 0 Å². The maximum absolute atomic E-state index is 11.4. The van der Waals surface area contributed by atoms with Crippen LogP contribution in [0.1, 0.15) is 39.1 Å². The lowest BCUT2D eigenvalue weighted by molar-refractivity contribution is -0.119. The van der Waals surface area contributed by atoms with Crippen molar-refractivity contribution in [2.45, 2.75) is 39.5 Å². The lowest BCUT2D eigenvalue weighted by Gasteiger charge is -2.12. The van der Waals surface area contributed by atoms with E-state index in [0.717, 1.165) is 11.4 Å². The number of rotatable bonds is 5. The molecule has 17 heavy (non-hydrogen) atoms. The summed E-state index contributed by atoms with van der Waals surface area (Å²) >= 11 is 1.49. The van der Waals surface area contributed by atoms with Crippen molar-refractivity contribution in [3.05, 3.63) is 5.01 Å². The van der Waals surface area contributed by atoms with Gasteiger partial charge in [0, 0.05) is 12.0 Å². The van der Waals surface area contributed by atoms with Crippen molar-refractivity contribution in [1.82, 2.24) is 15.5 Å². The zero-order chi connectivity index (χ0) is 12.9. The summed E-state index contributed by atoms with van der Waals surface area (Å²) in [4.78, 5) is 11.4. The molecule has 1 aromatic heterocycles. The number of hydrogen-bond donors (Lipinski definition) is 2. The van der Waals surface area contributed by atoms with E-state index in [0.29, 0.717) is 11.7 Å². The van der Waals surface area contributed by atoms with Crippen molar-refractivity contribution in [3.63, 3.8) is 0 Å². The van der Waals surface area contributed by atoms with Crippen LogP contribution < -0.4 is 10.6 Å². The van der Waals surface area contributed by atoms with Crippen molar-refractivity contribution in [2.24, 2.45) is 0 Å². The van der Waals surface area contributed by atoms with Crippen molar-refractivity contribution in [1.29, 1.82) is 0 Å². The van der Waals surface area contributed by atoms with Crippen LogP contribution in [0.3, 0.4) is 0 Å². The van der Waals surface area contributed by atoms with Crippen molar-refractivity contribution in [3.8, 4) is 0 Å². The van der Waals surface area contributed by atoms with Crippen molar-refractivity contribution in [2.75, 3.05) is 18.4 Å². The second-order valence-corrected chi connectivity index (χ2v) is 5.84. The maximum atomic E-state index is 11.4. The first-order valence-corrected chi connectivity index (χ1v) is 6.59. The fourth-order valence-corrected chi connectivity index (χ4v) is 1.88. The van der Waals surface area contributed by atoms with Gasteiger partial charge in [-0.2, -0.15) is 0 Å². The molecule has 0 aliphatic heterocycles. The molecular weight excluding hydrogens is 236 g/mol. The molecule has 0 bridgehead atoms. The molecule has 6 heteroatoms. The summed E-state index contributed by atoms with van der Waals surface area (Å²) in [6.07, 6.45) is 0.943. The van der Waals surface area contributed by atoms with Gasteiger partial charge in [0.15, 0.2) is 0 Å². The molecule has 5 nitrogen and oxygen atoms in total. The lowest BCUT2D eigenvalue weighted by atomic mass is 9.98. The number of nitrogens with one attached hydrogen (secondary N) is 2. The zero-order valence-electron chi connectivity index (χ0n) is 10.8. The first-order chi connectivity index (χ1) is 7.93. The molecule has 0 aliphatic rings. The number of aromatic nitrogens is 2. The Hall–Kier alpha value is -1.17. The summed E-state index contributed by atoms with van der Waals surface area (Å²) in [5.74, 6) is -0.0145. The largest absolute Gasteiger partial charge is 0.355 e.